The number of alkyl halides is 3. The van der Waals surface area contributed by atoms with E-state index in [1.54, 1.807) is 23.1 Å². The van der Waals surface area contributed by atoms with E-state index in [0.717, 1.165) is 12.1 Å². The number of benzene rings is 1. The third-order valence-corrected chi connectivity index (χ3v) is 4.33. The maximum Gasteiger partial charge on any atom is 0.433 e. The first kappa shape index (κ1) is 17.2. The Morgan fingerprint density at radius 1 is 1.20 bits per heavy atom. The van der Waals surface area contributed by atoms with Gasteiger partial charge in [-0.1, -0.05) is 25.1 Å². The summed E-state index contributed by atoms with van der Waals surface area (Å²) >= 11 is 0. The third kappa shape index (κ3) is 3.29. The molecule has 2 aromatic rings. The normalized spacial score (nSPS) is 20.6. The van der Waals surface area contributed by atoms with Crippen LogP contribution in [-0.2, 0) is 6.18 Å². The van der Waals surface area contributed by atoms with Crippen molar-refractivity contribution in [3.05, 3.63) is 59.0 Å². The molecule has 1 saturated heterocycles. The van der Waals surface area contributed by atoms with Gasteiger partial charge in [0.05, 0.1) is 11.6 Å². The molecule has 2 atom stereocenters. The van der Waals surface area contributed by atoms with Gasteiger partial charge < -0.3 is 4.90 Å². The topological polar surface area (TPSA) is 39.9 Å². The van der Waals surface area contributed by atoms with Crippen molar-refractivity contribution in [3.63, 3.8) is 0 Å². The highest BCUT2D eigenvalue weighted by atomic mass is 19.4. The summed E-state index contributed by atoms with van der Waals surface area (Å²) in [5.41, 5.74) is -0.619. The maximum atomic E-state index is 14.2. The van der Waals surface area contributed by atoms with Crippen molar-refractivity contribution in [2.75, 3.05) is 11.4 Å². The van der Waals surface area contributed by atoms with Gasteiger partial charge in [0.1, 0.15) is 23.4 Å². The summed E-state index contributed by atoms with van der Waals surface area (Å²) in [4.78, 5) is 5.30. The van der Waals surface area contributed by atoms with Crippen LogP contribution in [0.25, 0.3) is 0 Å². The minimum absolute atomic E-state index is 0.0449. The van der Waals surface area contributed by atoms with Crippen molar-refractivity contribution < 1.29 is 17.6 Å². The smallest absolute Gasteiger partial charge is 0.348 e. The predicted molar refractivity (Wildman–Crippen MR) is 84.2 cm³/mol. The molecule has 0 spiro atoms. The monoisotopic (exact) mass is 349 g/mol. The quantitative estimate of drug-likeness (QED) is 0.738. The van der Waals surface area contributed by atoms with Gasteiger partial charge in [0.25, 0.3) is 0 Å². The molecule has 3 nitrogen and oxygen atoms in total. The SMILES string of the molecule is CC1CC(c2ccccc2F)N(c2nc(C(F)(F)F)ccc2C#N)C1. The zero-order valence-electron chi connectivity index (χ0n) is 13.4. The highest BCUT2D eigenvalue weighted by Gasteiger charge is 2.37. The highest BCUT2D eigenvalue weighted by molar-refractivity contribution is 5.57. The average Bonchev–Trinajstić information content (AvgIpc) is 2.95. The molecule has 0 N–H and O–H groups in total. The first-order valence-corrected chi connectivity index (χ1v) is 7.80. The number of hydrogen-bond donors (Lipinski definition) is 0. The summed E-state index contributed by atoms with van der Waals surface area (Å²) in [6.45, 7) is 2.34. The molecule has 1 aromatic carbocycles. The molecular formula is C18H15F4N3. The Morgan fingerprint density at radius 3 is 2.56 bits per heavy atom. The van der Waals surface area contributed by atoms with E-state index in [-0.39, 0.29) is 17.3 Å². The Morgan fingerprint density at radius 2 is 1.92 bits per heavy atom. The maximum absolute atomic E-state index is 14.2. The van der Waals surface area contributed by atoms with Crippen molar-refractivity contribution in [2.24, 2.45) is 5.92 Å². The average molecular weight is 349 g/mol. The van der Waals surface area contributed by atoms with Crippen molar-refractivity contribution in [1.82, 2.24) is 4.98 Å². The van der Waals surface area contributed by atoms with Gasteiger partial charge in [-0.05, 0) is 30.5 Å². The molecule has 1 aromatic heterocycles. The Hall–Kier alpha value is -2.62. The fourth-order valence-corrected chi connectivity index (χ4v) is 3.23. The first-order chi connectivity index (χ1) is 11.8. The molecule has 0 amide bonds. The van der Waals surface area contributed by atoms with Gasteiger partial charge in [-0.3, -0.25) is 0 Å². The Labute approximate surface area is 142 Å². The van der Waals surface area contributed by atoms with E-state index in [1.807, 2.05) is 13.0 Å². The second kappa shape index (κ2) is 6.36. The Kier molecular flexibility index (Phi) is 4.38. The van der Waals surface area contributed by atoms with Gasteiger partial charge >= 0.3 is 6.18 Å². The molecule has 1 fully saturated rings. The van der Waals surface area contributed by atoms with E-state index >= 15 is 0 Å². The number of anilines is 1. The van der Waals surface area contributed by atoms with Crippen LogP contribution in [0.1, 0.15) is 36.2 Å². The fourth-order valence-electron chi connectivity index (χ4n) is 3.23. The summed E-state index contributed by atoms with van der Waals surface area (Å²) in [6, 6.07) is 9.52. The fraction of sp³-hybridized carbons (Fsp3) is 0.333. The second-order valence-corrected chi connectivity index (χ2v) is 6.21. The van der Waals surface area contributed by atoms with Crippen LogP contribution < -0.4 is 4.90 Å². The molecule has 3 rings (SSSR count). The minimum atomic E-state index is -4.61. The van der Waals surface area contributed by atoms with Crippen LogP contribution in [0.4, 0.5) is 23.4 Å². The van der Waals surface area contributed by atoms with Crippen molar-refractivity contribution in [1.29, 1.82) is 5.26 Å². The predicted octanol–water partition coefficient (Wildman–Crippen LogP) is 4.70. The lowest BCUT2D eigenvalue weighted by atomic mass is 10.0. The molecule has 7 heteroatoms. The summed E-state index contributed by atoms with van der Waals surface area (Å²) in [5, 5.41) is 9.28. The number of nitrogens with zero attached hydrogens (tertiary/aromatic N) is 3. The van der Waals surface area contributed by atoms with E-state index in [0.29, 0.717) is 18.5 Å². The highest BCUT2D eigenvalue weighted by Crippen LogP contribution is 2.41. The van der Waals surface area contributed by atoms with Gasteiger partial charge in [0, 0.05) is 12.1 Å². The zero-order chi connectivity index (χ0) is 18.2. The van der Waals surface area contributed by atoms with Gasteiger partial charge in [0.2, 0.25) is 0 Å². The Balaban J connectivity index is 2.10. The molecule has 0 radical (unpaired) electrons. The molecule has 0 saturated carbocycles. The summed E-state index contributed by atoms with van der Waals surface area (Å²) in [6.07, 6.45) is -4.04. The van der Waals surface area contributed by atoms with Gasteiger partial charge in [-0.25, -0.2) is 9.37 Å². The third-order valence-electron chi connectivity index (χ3n) is 4.33. The molecule has 1 aliphatic heterocycles. The summed E-state index contributed by atoms with van der Waals surface area (Å²) in [7, 11) is 0. The van der Waals surface area contributed by atoms with E-state index in [9.17, 15) is 22.8 Å². The number of pyridine rings is 1. The first-order valence-electron chi connectivity index (χ1n) is 7.80. The van der Waals surface area contributed by atoms with Crippen molar-refractivity contribution in [2.45, 2.75) is 25.6 Å². The molecule has 0 bridgehead atoms. The van der Waals surface area contributed by atoms with Crippen LogP contribution in [0.2, 0.25) is 0 Å². The van der Waals surface area contributed by atoms with Crippen LogP contribution in [0.15, 0.2) is 36.4 Å². The largest absolute Gasteiger partial charge is 0.433 e. The summed E-state index contributed by atoms with van der Waals surface area (Å²) < 4.78 is 53.3. The van der Waals surface area contributed by atoms with Crippen LogP contribution in [0.3, 0.4) is 0 Å². The molecule has 1 aliphatic rings. The molecule has 2 heterocycles. The van der Waals surface area contributed by atoms with E-state index in [2.05, 4.69) is 4.98 Å². The zero-order valence-corrected chi connectivity index (χ0v) is 13.4. The lowest BCUT2D eigenvalue weighted by Gasteiger charge is -2.27. The molecule has 0 aliphatic carbocycles. The van der Waals surface area contributed by atoms with Crippen molar-refractivity contribution in [3.8, 4) is 6.07 Å². The molecule has 25 heavy (non-hydrogen) atoms. The number of nitriles is 1. The van der Waals surface area contributed by atoms with Gasteiger partial charge in [-0.15, -0.1) is 0 Å². The minimum Gasteiger partial charge on any atom is -0.348 e. The number of aromatic nitrogens is 1. The van der Waals surface area contributed by atoms with Crippen LogP contribution in [0.5, 0.6) is 0 Å². The standard InChI is InChI=1S/C18H15F4N3/c1-11-8-15(13-4-2-3-5-14(13)19)25(10-11)17-12(9-23)6-7-16(24-17)18(20,21)22/h2-7,11,15H,8,10H2,1H3. The lowest BCUT2D eigenvalue weighted by Crippen LogP contribution is -2.27. The molecular weight excluding hydrogens is 334 g/mol. The van der Waals surface area contributed by atoms with E-state index in [4.69, 9.17) is 0 Å². The van der Waals surface area contributed by atoms with Crippen LogP contribution in [0, 0.1) is 23.1 Å². The van der Waals surface area contributed by atoms with E-state index in [1.165, 1.54) is 6.07 Å². The Bertz CT molecular complexity index is 826. The second-order valence-electron chi connectivity index (χ2n) is 6.21. The molecule has 2 unspecified atom stereocenters. The lowest BCUT2D eigenvalue weighted by molar-refractivity contribution is -0.141. The van der Waals surface area contributed by atoms with Gasteiger partial charge in [-0.2, -0.15) is 18.4 Å². The number of halogens is 4. The van der Waals surface area contributed by atoms with Gasteiger partial charge in [0.15, 0.2) is 0 Å². The number of rotatable bonds is 2. The molecule has 130 valence electrons. The van der Waals surface area contributed by atoms with E-state index < -0.39 is 23.7 Å². The summed E-state index contributed by atoms with van der Waals surface area (Å²) in [5.74, 6) is -0.334. The van der Waals surface area contributed by atoms with Crippen LogP contribution in [-0.4, -0.2) is 11.5 Å². The number of hydrogen-bond acceptors (Lipinski definition) is 3. The van der Waals surface area contributed by atoms with Crippen molar-refractivity contribution >= 4 is 5.82 Å². The van der Waals surface area contributed by atoms with Crippen LogP contribution >= 0.6 is 0 Å².